The lowest BCUT2D eigenvalue weighted by Crippen LogP contribution is -2.30. The first-order valence-electron chi connectivity index (χ1n) is 5.94. The van der Waals surface area contributed by atoms with Gasteiger partial charge in [0.05, 0.1) is 18.1 Å². The van der Waals surface area contributed by atoms with E-state index in [2.05, 4.69) is 46.4 Å². The van der Waals surface area contributed by atoms with E-state index in [0.717, 1.165) is 18.7 Å². The van der Waals surface area contributed by atoms with Crippen molar-refractivity contribution in [2.24, 2.45) is 0 Å². The molecule has 5 heteroatoms. The van der Waals surface area contributed by atoms with E-state index in [9.17, 15) is 0 Å². The van der Waals surface area contributed by atoms with E-state index in [4.69, 9.17) is 5.73 Å². The number of hydrogen-bond acceptors (Lipinski definition) is 5. The third-order valence-corrected chi connectivity index (χ3v) is 3.86. The maximum absolute atomic E-state index is 5.52. The van der Waals surface area contributed by atoms with E-state index >= 15 is 0 Å². The molecule has 96 valence electrons. The normalized spacial score (nSPS) is 12.8. The molecule has 2 aromatic heterocycles. The first-order chi connectivity index (χ1) is 8.65. The molecule has 2 N–H and O–H groups in total. The minimum Gasteiger partial charge on any atom is -0.382 e. The summed E-state index contributed by atoms with van der Waals surface area (Å²) >= 11 is 1.81. The predicted molar refractivity (Wildman–Crippen MR) is 75.4 cm³/mol. The average Bonchev–Trinajstić information content (AvgIpc) is 2.85. The highest BCUT2D eigenvalue weighted by Crippen LogP contribution is 2.14. The number of likely N-dealkylation sites (N-methyl/N-ethyl adjacent to an activating group) is 1. The van der Waals surface area contributed by atoms with Gasteiger partial charge in [-0.3, -0.25) is 9.88 Å². The minimum atomic E-state index is 0.466. The molecule has 0 bridgehead atoms. The lowest BCUT2D eigenvalue weighted by molar-refractivity contribution is 0.246. The molecule has 18 heavy (non-hydrogen) atoms. The van der Waals surface area contributed by atoms with Crippen molar-refractivity contribution in [3.05, 3.63) is 40.5 Å². The Hall–Kier alpha value is -1.46. The van der Waals surface area contributed by atoms with Crippen LogP contribution in [0.3, 0.4) is 0 Å². The standard InChI is InChI=1S/C13H18N4S/c1-10(6-12-4-3-5-18-12)17(2)9-11-7-16-13(14)8-15-11/h3-5,7-8,10H,6,9H2,1-2H3,(H2,14,16). The highest BCUT2D eigenvalue weighted by Gasteiger charge is 2.11. The molecule has 2 rings (SSSR count). The molecular formula is C13H18N4S. The Morgan fingerprint density at radius 2 is 2.22 bits per heavy atom. The SMILES string of the molecule is CC(Cc1cccs1)N(C)Cc1cnc(N)cn1. The fraction of sp³-hybridized carbons (Fsp3) is 0.385. The van der Waals surface area contributed by atoms with Crippen molar-refractivity contribution in [1.29, 1.82) is 0 Å². The molecule has 4 nitrogen and oxygen atoms in total. The third-order valence-electron chi connectivity index (χ3n) is 2.97. The Morgan fingerprint density at radius 3 is 2.83 bits per heavy atom. The molecular weight excluding hydrogens is 244 g/mol. The van der Waals surface area contributed by atoms with Crippen LogP contribution in [0, 0.1) is 0 Å². The lowest BCUT2D eigenvalue weighted by atomic mass is 10.2. The molecule has 0 saturated heterocycles. The second-order valence-corrected chi connectivity index (χ2v) is 5.51. The van der Waals surface area contributed by atoms with Crippen molar-refractivity contribution >= 4 is 17.2 Å². The summed E-state index contributed by atoms with van der Waals surface area (Å²) in [4.78, 5) is 12.0. The van der Waals surface area contributed by atoms with Crippen molar-refractivity contribution < 1.29 is 0 Å². The van der Waals surface area contributed by atoms with Gasteiger partial charge in [0, 0.05) is 17.5 Å². The summed E-state index contributed by atoms with van der Waals surface area (Å²) in [5.41, 5.74) is 6.47. The smallest absolute Gasteiger partial charge is 0.141 e. The summed E-state index contributed by atoms with van der Waals surface area (Å²) in [7, 11) is 2.11. The van der Waals surface area contributed by atoms with Crippen LogP contribution in [0.1, 0.15) is 17.5 Å². The van der Waals surface area contributed by atoms with Crippen molar-refractivity contribution in [2.45, 2.75) is 25.9 Å². The van der Waals surface area contributed by atoms with Gasteiger partial charge in [0.1, 0.15) is 5.82 Å². The van der Waals surface area contributed by atoms with E-state index in [-0.39, 0.29) is 0 Å². The highest BCUT2D eigenvalue weighted by molar-refractivity contribution is 7.09. The van der Waals surface area contributed by atoms with Gasteiger partial charge in [0.2, 0.25) is 0 Å². The Bertz CT molecular complexity index is 466. The summed E-state index contributed by atoms with van der Waals surface area (Å²) < 4.78 is 0. The summed E-state index contributed by atoms with van der Waals surface area (Å²) in [6.45, 7) is 3.02. The van der Waals surface area contributed by atoms with Crippen LogP contribution in [0.2, 0.25) is 0 Å². The molecule has 2 heterocycles. The van der Waals surface area contributed by atoms with Crippen LogP contribution in [-0.4, -0.2) is 28.0 Å². The Labute approximate surface area is 111 Å². The Kier molecular flexibility index (Phi) is 4.28. The minimum absolute atomic E-state index is 0.466. The van der Waals surface area contributed by atoms with E-state index in [1.54, 1.807) is 23.7 Å². The number of hydrogen-bond donors (Lipinski definition) is 1. The molecule has 0 aliphatic carbocycles. The van der Waals surface area contributed by atoms with E-state index < -0.39 is 0 Å². The average molecular weight is 262 g/mol. The maximum atomic E-state index is 5.52. The van der Waals surface area contributed by atoms with Crippen LogP contribution in [-0.2, 0) is 13.0 Å². The number of nitrogen functional groups attached to an aromatic ring is 1. The van der Waals surface area contributed by atoms with Gasteiger partial charge >= 0.3 is 0 Å². The van der Waals surface area contributed by atoms with E-state index in [1.165, 1.54) is 4.88 Å². The van der Waals surface area contributed by atoms with Crippen molar-refractivity contribution in [3.8, 4) is 0 Å². The maximum Gasteiger partial charge on any atom is 0.141 e. The third kappa shape index (κ3) is 3.51. The highest BCUT2D eigenvalue weighted by atomic mass is 32.1. The number of thiophene rings is 1. The summed E-state index contributed by atoms with van der Waals surface area (Å²) in [5, 5.41) is 2.12. The van der Waals surface area contributed by atoms with Crippen LogP contribution >= 0.6 is 11.3 Å². The second-order valence-electron chi connectivity index (χ2n) is 4.48. The quantitative estimate of drug-likeness (QED) is 0.897. The molecule has 0 radical (unpaired) electrons. The fourth-order valence-corrected chi connectivity index (χ4v) is 2.56. The first kappa shape index (κ1) is 13.0. The fourth-order valence-electron chi connectivity index (χ4n) is 1.73. The Morgan fingerprint density at radius 1 is 1.39 bits per heavy atom. The molecule has 1 atom stereocenters. The molecule has 0 amide bonds. The van der Waals surface area contributed by atoms with Crippen molar-refractivity contribution in [3.63, 3.8) is 0 Å². The molecule has 1 unspecified atom stereocenters. The monoisotopic (exact) mass is 262 g/mol. The zero-order chi connectivity index (χ0) is 13.0. The molecule has 0 aliphatic heterocycles. The number of rotatable bonds is 5. The largest absolute Gasteiger partial charge is 0.382 e. The van der Waals surface area contributed by atoms with Gasteiger partial charge < -0.3 is 5.73 Å². The zero-order valence-electron chi connectivity index (χ0n) is 10.7. The molecule has 0 aliphatic rings. The topological polar surface area (TPSA) is 55.0 Å². The van der Waals surface area contributed by atoms with Gasteiger partial charge in [-0.25, -0.2) is 4.98 Å². The Balaban J connectivity index is 1.90. The van der Waals surface area contributed by atoms with Gasteiger partial charge in [-0.05, 0) is 31.8 Å². The van der Waals surface area contributed by atoms with Crippen LogP contribution in [0.4, 0.5) is 5.82 Å². The zero-order valence-corrected chi connectivity index (χ0v) is 11.5. The molecule has 0 saturated carbocycles. The molecule has 0 fully saturated rings. The van der Waals surface area contributed by atoms with Gasteiger partial charge in [0.15, 0.2) is 0 Å². The van der Waals surface area contributed by atoms with E-state index in [0.29, 0.717) is 11.9 Å². The molecule has 0 spiro atoms. The van der Waals surface area contributed by atoms with Crippen LogP contribution in [0.5, 0.6) is 0 Å². The van der Waals surface area contributed by atoms with Crippen molar-refractivity contribution in [2.75, 3.05) is 12.8 Å². The molecule has 0 aromatic carbocycles. The van der Waals surface area contributed by atoms with Crippen molar-refractivity contribution in [1.82, 2.24) is 14.9 Å². The number of aromatic nitrogens is 2. The van der Waals surface area contributed by atoms with Crippen LogP contribution in [0.15, 0.2) is 29.9 Å². The number of nitrogens with zero attached hydrogens (tertiary/aromatic N) is 3. The first-order valence-corrected chi connectivity index (χ1v) is 6.82. The van der Waals surface area contributed by atoms with Gasteiger partial charge in [-0.1, -0.05) is 6.07 Å². The van der Waals surface area contributed by atoms with E-state index in [1.807, 2.05) is 0 Å². The second kappa shape index (κ2) is 5.93. The van der Waals surface area contributed by atoms with Crippen LogP contribution < -0.4 is 5.73 Å². The summed E-state index contributed by atoms with van der Waals surface area (Å²) in [6.07, 6.45) is 4.41. The number of anilines is 1. The van der Waals surface area contributed by atoms with Gasteiger partial charge in [0.25, 0.3) is 0 Å². The number of nitrogens with two attached hydrogens (primary N) is 1. The van der Waals surface area contributed by atoms with Crippen LogP contribution in [0.25, 0.3) is 0 Å². The summed E-state index contributed by atoms with van der Waals surface area (Å²) in [6, 6.07) is 4.75. The molecule has 2 aromatic rings. The van der Waals surface area contributed by atoms with Gasteiger partial charge in [-0.2, -0.15) is 0 Å². The predicted octanol–water partition coefficient (Wildman–Crippen LogP) is 2.18. The van der Waals surface area contributed by atoms with Gasteiger partial charge in [-0.15, -0.1) is 11.3 Å². The lowest BCUT2D eigenvalue weighted by Gasteiger charge is -2.23. The summed E-state index contributed by atoms with van der Waals surface area (Å²) in [5.74, 6) is 0.466.